The van der Waals surface area contributed by atoms with Crippen LogP contribution in [-0.2, 0) is 25.0 Å². The average molecular weight is 480 g/mol. The van der Waals surface area contributed by atoms with Gasteiger partial charge in [-0.2, -0.15) is 0 Å². The molecule has 1 unspecified atom stereocenters. The van der Waals surface area contributed by atoms with Crippen LogP contribution in [0.2, 0.25) is 0 Å². The highest BCUT2D eigenvalue weighted by Crippen LogP contribution is 2.55. The molecular weight excluding hydrogens is 461 g/mol. The number of phosphoric acid groups is 1. The molecule has 1 aromatic heterocycles. The van der Waals surface area contributed by atoms with Crippen LogP contribution in [0.15, 0.2) is 29.2 Å². The van der Waals surface area contributed by atoms with Crippen LogP contribution in [0, 0.1) is 17.5 Å². The van der Waals surface area contributed by atoms with Crippen molar-refractivity contribution in [3.05, 3.63) is 56.5 Å². The van der Waals surface area contributed by atoms with Gasteiger partial charge in [-0.1, -0.05) is 0 Å². The Bertz CT molecular complexity index is 1280. The number of hydrogen-bond acceptors (Lipinski definition) is 9. The Balaban J connectivity index is 1.63. The van der Waals surface area contributed by atoms with Crippen molar-refractivity contribution in [1.82, 2.24) is 9.55 Å². The van der Waals surface area contributed by atoms with Crippen LogP contribution in [0.25, 0.3) is 0 Å². The van der Waals surface area contributed by atoms with Gasteiger partial charge in [0.1, 0.15) is 30.3 Å². The molecule has 2 aliphatic heterocycles. The summed E-state index contributed by atoms with van der Waals surface area (Å²) in [6, 6.07) is 3.12. The van der Waals surface area contributed by atoms with E-state index in [4.69, 9.17) is 33.3 Å². The molecule has 5 atom stereocenters. The number of hydrogen-bond donors (Lipinski definition) is 3. The summed E-state index contributed by atoms with van der Waals surface area (Å²) in [4.78, 5) is 13.9. The third-order valence-corrected chi connectivity index (χ3v) is 6.11. The molecule has 1 aromatic carbocycles. The minimum absolute atomic E-state index is 0.105. The number of aryl methyl sites for hydroxylation is 1. The van der Waals surface area contributed by atoms with E-state index in [0.29, 0.717) is 0 Å². The number of nitrogens with zero attached hydrogens (tertiary/aromatic N) is 1. The van der Waals surface area contributed by atoms with Gasteiger partial charge in [0.25, 0.3) is 11.4 Å². The molecule has 1 fully saturated rings. The summed E-state index contributed by atoms with van der Waals surface area (Å²) in [5.41, 5.74) is -0.302. The number of rotatable bonds is 4. The van der Waals surface area contributed by atoms with Gasteiger partial charge < -0.3 is 19.5 Å². The molecular formula is C17H17F2N2O8PS. The Morgan fingerprint density at radius 2 is 2.26 bits per heavy atom. The first-order valence-electron chi connectivity index (χ1n) is 9.75. The molecule has 0 saturated carbocycles. The van der Waals surface area contributed by atoms with Gasteiger partial charge in [0.15, 0.2) is 11.0 Å². The molecule has 0 bridgehead atoms. The maximum atomic E-state index is 15.7. The fraction of sp³-hybridized carbons (Fsp3) is 0.412. The molecule has 0 aliphatic carbocycles. The molecule has 0 radical (unpaired) electrons. The maximum Gasteiger partial charge on any atom is 0.530 e. The lowest BCUT2D eigenvalue weighted by atomic mass is 10.1. The number of ether oxygens (including phenoxy) is 1. The molecule has 4 rings (SSSR count). The first kappa shape index (κ1) is 19.7. The van der Waals surface area contributed by atoms with E-state index < -0.39 is 56.7 Å². The fourth-order valence-corrected chi connectivity index (χ4v) is 4.32. The number of alkyl halides is 1. The lowest BCUT2D eigenvalue weighted by Gasteiger charge is -2.28. The van der Waals surface area contributed by atoms with E-state index in [9.17, 15) is 24.0 Å². The first-order chi connectivity index (χ1) is 15.3. The number of aliphatic hydroxyl groups is 2. The van der Waals surface area contributed by atoms with Crippen LogP contribution in [0.3, 0.4) is 0 Å². The van der Waals surface area contributed by atoms with Gasteiger partial charge in [0.2, 0.25) is 0 Å². The lowest BCUT2D eigenvalue weighted by Crippen LogP contribution is -2.43. The van der Waals surface area contributed by atoms with E-state index in [1.54, 1.807) is 0 Å². The minimum atomic E-state index is -4.82. The number of nitrogens with one attached hydrogen (secondary N) is 1. The Labute approximate surface area is 181 Å². The van der Waals surface area contributed by atoms with Crippen molar-refractivity contribution >= 4 is 20.0 Å². The largest absolute Gasteiger partial charge is 0.530 e. The number of benzene rings is 1. The van der Waals surface area contributed by atoms with E-state index in [0.717, 1.165) is 29.0 Å². The fourth-order valence-electron chi connectivity index (χ4n) is 2.98. The molecule has 1 saturated heterocycles. The molecule has 0 spiro atoms. The molecule has 168 valence electrons. The van der Waals surface area contributed by atoms with Gasteiger partial charge in [-0.3, -0.25) is 23.4 Å². The van der Waals surface area contributed by atoms with Crippen molar-refractivity contribution in [3.8, 4) is 5.75 Å². The third kappa shape index (κ3) is 4.10. The van der Waals surface area contributed by atoms with Crippen molar-refractivity contribution in [2.75, 3.05) is 6.56 Å². The molecule has 31 heavy (non-hydrogen) atoms. The molecule has 2 aliphatic rings. The predicted molar refractivity (Wildman–Crippen MR) is 102 cm³/mol. The van der Waals surface area contributed by atoms with Gasteiger partial charge >= 0.3 is 7.82 Å². The van der Waals surface area contributed by atoms with Crippen LogP contribution in [-0.4, -0.2) is 44.4 Å². The number of aromatic amines is 1. The normalized spacial score (nSPS) is 33.9. The Morgan fingerprint density at radius 1 is 1.52 bits per heavy atom. The quantitative estimate of drug-likeness (QED) is 0.444. The summed E-state index contributed by atoms with van der Waals surface area (Å²) < 4.78 is 78.1. The van der Waals surface area contributed by atoms with E-state index in [-0.39, 0.29) is 21.6 Å². The number of halogens is 2. The second-order valence-corrected chi connectivity index (χ2v) is 8.73. The predicted octanol–water partition coefficient (Wildman–Crippen LogP) is 2.00. The highest BCUT2D eigenvalue weighted by atomic mass is 32.1. The monoisotopic (exact) mass is 480 g/mol. The number of aromatic nitrogens is 2. The zero-order chi connectivity index (χ0) is 24.3. The second kappa shape index (κ2) is 7.85. The molecule has 3 N–H and O–H groups in total. The number of H-pyrrole nitrogens is 1. The van der Waals surface area contributed by atoms with Gasteiger partial charge in [0.05, 0.1) is 9.35 Å². The van der Waals surface area contributed by atoms with Crippen molar-refractivity contribution in [2.24, 2.45) is 0 Å². The van der Waals surface area contributed by atoms with Crippen LogP contribution < -0.4 is 10.1 Å². The van der Waals surface area contributed by atoms with Crippen molar-refractivity contribution < 1.29 is 44.6 Å². The maximum absolute atomic E-state index is 15.7. The topological polar surface area (TPSA) is 132 Å². The number of fused-ring (bicyclic) bond motifs is 1. The van der Waals surface area contributed by atoms with E-state index >= 15 is 4.39 Å². The van der Waals surface area contributed by atoms with Crippen LogP contribution >= 0.6 is 20.0 Å². The zero-order valence-corrected chi connectivity index (χ0v) is 17.4. The summed E-state index contributed by atoms with van der Waals surface area (Å²) in [5, 5.41) is 20.7. The summed E-state index contributed by atoms with van der Waals surface area (Å²) in [7, 11) is -4.82. The van der Waals surface area contributed by atoms with Gasteiger partial charge in [-0.05, 0) is 37.3 Å². The second-order valence-electron chi connectivity index (χ2n) is 6.82. The summed E-state index contributed by atoms with van der Waals surface area (Å²) >= 11 is 4.97. The standard InChI is InChI=1S/C17H17F2N2O8PS/c1-8-5-21(16(31)20-14(8)24)15-12(22)13(23)17(19,28-15)7-27-30(25)26-6-9-4-10(18)2-3-11(9)29-30/h2-5,12-13,15,22-23H,6-7H2,1H3,(H,20,24,31)/t12-,13+,15-,17-,30?/m1/s1/i7D2. The van der Waals surface area contributed by atoms with Crippen LogP contribution in [0.1, 0.15) is 20.1 Å². The minimum Gasteiger partial charge on any atom is -0.404 e. The van der Waals surface area contributed by atoms with E-state index in [1.165, 1.54) is 6.92 Å². The molecule has 2 aromatic rings. The Morgan fingerprint density at radius 3 is 3.00 bits per heavy atom. The van der Waals surface area contributed by atoms with Gasteiger partial charge in [0, 0.05) is 17.3 Å². The number of phosphoric ester groups is 1. The van der Waals surface area contributed by atoms with Crippen LogP contribution in [0.5, 0.6) is 5.75 Å². The lowest BCUT2D eigenvalue weighted by molar-refractivity contribution is -0.205. The van der Waals surface area contributed by atoms with Crippen molar-refractivity contribution in [3.63, 3.8) is 0 Å². The summed E-state index contributed by atoms with van der Waals surface area (Å²) in [5.74, 6) is -4.56. The third-order valence-electron chi connectivity index (χ3n) is 4.62. The van der Waals surface area contributed by atoms with Crippen molar-refractivity contribution in [2.45, 2.75) is 37.8 Å². The van der Waals surface area contributed by atoms with Gasteiger partial charge in [-0.15, -0.1) is 0 Å². The molecule has 10 nitrogen and oxygen atoms in total. The Hall–Kier alpha value is -1.99. The van der Waals surface area contributed by atoms with E-state index in [2.05, 4.69) is 4.98 Å². The molecule has 0 amide bonds. The number of aliphatic hydroxyl groups excluding tert-OH is 2. The van der Waals surface area contributed by atoms with Gasteiger partial charge in [-0.25, -0.2) is 13.3 Å². The summed E-state index contributed by atoms with van der Waals surface area (Å²) in [6.45, 7) is -2.81. The summed E-state index contributed by atoms with van der Waals surface area (Å²) in [6.07, 6.45) is -5.30. The SMILES string of the molecule is [2H]C([2H])(OP1(=O)OCc2cc(F)ccc2O1)[C@@]1(F)O[C@@H](n2cc(C)c(=O)[nH]c2=S)[C@H](O)[C@@H]1O. The van der Waals surface area contributed by atoms with Crippen molar-refractivity contribution in [1.29, 1.82) is 0 Å². The smallest absolute Gasteiger partial charge is 0.404 e. The Kier molecular flexibility index (Phi) is 4.98. The molecule has 3 heterocycles. The zero-order valence-electron chi connectivity index (χ0n) is 17.7. The first-order valence-corrected chi connectivity index (χ1v) is 10.6. The average Bonchev–Trinajstić information content (AvgIpc) is 2.96. The van der Waals surface area contributed by atoms with E-state index in [1.807, 2.05) is 0 Å². The van der Waals surface area contributed by atoms with Crippen LogP contribution in [0.4, 0.5) is 8.78 Å². The molecule has 14 heteroatoms. The highest BCUT2D eigenvalue weighted by Gasteiger charge is 2.57. The highest BCUT2D eigenvalue weighted by molar-refractivity contribution is 7.71.